The number of benzene rings is 1. The van der Waals surface area contributed by atoms with E-state index in [2.05, 4.69) is 15.8 Å². The number of carbonyl (C=O) groups is 2. The minimum absolute atomic E-state index is 0.0193. The van der Waals surface area contributed by atoms with E-state index in [-0.39, 0.29) is 38.0 Å². The highest BCUT2D eigenvalue weighted by molar-refractivity contribution is 6.00. The smallest absolute Gasteiger partial charge is 0.306 e. The summed E-state index contributed by atoms with van der Waals surface area (Å²) < 4.78 is 16.7. The molecule has 0 saturated heterocycles. The molecule has 0 saturated carbocycles. The Bertz CT molecular complexity index is 801. The van der Waals surface area contributed by atoms with Crippen LogP contribution in [0.5, 0.6) is 5.75 Å². The van der Waals surface area contributed by atoms with Gasteiger partial charge >= 0.3 is 5.97 Å². The van der Waals surface area contributed by atoms with Gasteiger partial charge in [-0.2, -0.15) is 0 Å². The first-order valence-corrected chi connectivity index (χ1v) is 10.9. The van der Waals surface area contributed by atoms with E-state index in [4.69, 9.17) is 19.3 Å². The van der Waals surface area contributed by atoms with E-state index in [0.29, 0.717) is 30.2 Å². The van der Waals surface area contributed by atoms with Crippen molar-refractivity contribution >= 4 is 17.8 Å². The molecule has 0 radical (unpaired) electrons. The second-order valence-corrected chi connectivity index (χ2v) is 9.03. The van der Waals surface area contributed by atoms with Crippen LogP contribution in [-0.2, 0) is 19.1 Å². The fourth-order valence-corrected chi connectivity index (χ4v) is 2.93. The molecule has 1 aliphatic rings. The van der Waals surface area contributed by atoms with Gasteiger partial charge in [-0.15, -0.1) is 0 Å². The van der Waals surface area contributed by atoms with E-state index in [1.807, 2.05) is 13.8 Å². The van der Waals surface area contributed by atoms with Crippen LogP contribution in [0.2, 0.25) is 0 Å². The number of nitrogens with one attached hydrogen (secondary N) is 2. The van der Waals surface area contributed by atoms with E-state index in [1.165, 1.54) is 0 Å². The lowest BCUT2D eigenvalue weighted by Crippen LogP contribution is -2.53. The Hall–Kier alpha value is -2.65. The molecular formula is C23H35N3O6. The minimum Gasteiger partial charge on any atom is -0.494 e. The van der Waals surface area contributed by atoms with E-state index in [0.717, 1.165) is 0 Å². The highest BCUT2D eigenvalue weighted by Gasteiger charge is 2.45. The number of aliphatic hydroxyl groups excluding tert-OH is 1. The van der Waals surface area contributed by atoms with Crippen LogP contribution in [0.1, 0.15) is 59.4 Å². The number of hydrogen-bond donors (Lipinski definition) is 3. The van der Waals surface area contributed by atoms with Crippen LogP contribution in [0.15, 0.2) is 29.3 Å². The summed E-state index contributed by atoms with van der Waals surface area (Å²) in [6, 6.07) is 7.17. The lowest BCUT2D eigenvalue weighted by atomic mass is 9.94. The van der Waals surface area contributed by atoms with Crippen LogP contribution in [0, 0.1) is 0 Å². The summed E-state index contributed by atoms with van der Waals surface area (Å²) in [5, 5.41) is 8.85. The zero-order valence-corrected chi connectivity index (χ0v) is 19.6. The Labute approximate surface area is 189 Å². The lowest BCUT2D eigenvalue weighted by molar-refractivity contribution is -0.155. The number of amides is 1. The summed E-state index contributed by atoms with van der Waals surface area (Å²) in [6.07, 6.45) is 0.737. The monoisotopic (exact) mass is 449 g/mol. The van der Waals surface area contributed by atoms with Crippen molar-refractivity contribution in [3.8, 4) is 5.75 Å². The number of aliphatic hydroxyl groups is 1. The number of esters is 1. The quantitative estimate of drug-likeness (QED) is 0.269. The van der Waals surface area contributed by atoms with Crippen molar-refractivity contribution in [3.05, 3.63) is 29.8 Å². The molecule has 178 valence electrons. The second-order valence-electron chi connectivity index (χ2n) is 9.03. The maximum Gasteiger partial charge on any atom is 0.306 e. The zero-order chi connectivity index (χ0) is 23.8. The van der Waals surface area contributed by atoms with Gasteiger partial charge in [-0.05, 0) is 65.3 Å². The summed E-state index contributed by atoms with van der Waals surface area (Å²) in [5.74, 6) is 0.231. The summed E-state index contributed by atoms with van der Waals surface area (Å²) in [6.45, 7) is 9.71. The molecule has 0 unspecified atom stereocenters. The molecule has 2 rings (SSSR count). The summed E-state index contributed by atoms with van der Waals surface area (Å²) in [4.78, 5) is 29.9. The van der Waals surface area contributed by atoms with Crippen molar-refractivity contribution in [1.29, 1.82) is 0 Å². The van der Waals surface area contributed by atoms with Gasteiger partial charge in [0.15, 0.2) is 5.54 Å². The Morgan fingerprint density at radius 3 is 2.53 bits per heavy atom. The van der Waals surface area contributed by atoms with Crippen molar-refractivity contribution in [2.45, 2.75) is 71.1 Å². The molecule has 9 heteroatoms. The molecule has 1 atom stereocenters. The first-order valence-electron chi connectivity index (χ1n) is 10.9. The topological polar surface area (TPSA) is 118 Å². The molecule has 0 aliphatic carbocycles. The average molecular weight is 450 g/mol. The minimum atomic E-state index is -1.25. The number of carbonyl (C=O) groups excluding carboxylic acids is 2. The van der Waals surface area contributed by atoms with Gasteiger partial charge in [0, 0.05) is 31.1 Å². The average Bonchev–Trinajstić information content (AvgIpc) is 3.16. The largest absolute Gasteiger partial charge is 0.494 e. The van der Waals surface area contributed by atoms with Gasteiger partial charge in [0.1, 0.15) is 18.0 Å². The van der Waals surface area contributed by atoms with Crippen LogP contribution in [0.4, 0.5) is 0 Å². The van der Waals surface area contributed by atoms with Gasteiger partial charge in [0.2, 0.25) is 5.90 Å². The van der Waals surface area contributed by atoms with Crippen molar-refractivity contribution in [2.75, 3.05) is 19.8 Å². The molecule has 0 spiro atoms. The number of nitrogens with zero attached hydrogens (tertiary/aromatic N) is 1. The van der Waals surface area contributed by atoms with Crippen LogP contribution in [0.3, 0.4) is 0 Å². The molecular weight excluding hydrogens is 414 g/mol. The van der Waals surface area contributed by atoms with E-state index in [1.54, 1.807) is 45.0 Å². The summed E-state index contributed by atoms with van der Waals surface area (Å²) in [7, 11) is 0. The van der Waals surface area contributed by atoms with Crippen molar-refractivity contribution in [3.63, 3.8) is 0 Å². The summed E-state index contributed by atoms with van der Waals surface area (Å²) in [5.41, 5.74) is 4.41. The van der Waals surface area contributed by atoms with Gasteiger partial charge in [0.05, 0.1) is 6.61 Å². The van der Waals surface area contributed by atoms with Gasteiger partial charge in [-0.1, -0.05) is 0 Å². The molecule has 1 aromatic carbocycles. The third-order valence-electron chi connectivity index (χ3n) is 4.50. The van der Waals surface area contributed by atoms with Gasteiger partial charge < -0.3 is 19.3 Å². The number of hydrogen-bond acceptors (Lipinski definition) is 8. The van der Waals surface area contributed by atoms with Crippen LogP contribution in [0.25, 0.3) is 0 Å². The van der Waals surface area contributed by atoms with E-state index in [9.17, 15) is 9.59 Å². The first-order chi connectivity index (χ1) is 15.0. The maximum absolute atomic E-state index is 13.0. The van der Waals surface area contributed by atoms with Crippen LogP contribution < -0.4 is 15.6 Å². The Kier molecular flexibility index (Phi) is 9.03. The molecule has 3 N–H and O–H groups in total. The van der Waals surface area contributed by atoms with Gasteiger partial charge in [-0.3, -0.25) is 15.0 Å². The fraction of sp³-hybridized carbons (Fsp3) is 0.609. The molecule has 1 amide bonds. The Morgan fingerprint density at radius 1 is 1.25 bits per heavy atom. The second kappa shape index (κ2) is 11.3. The maximum atomic E-state index is 13.0. The molecule has 1 aliphatic heterocycles. The van der Waals surface area contributed by atoms with Gasteiger partial charge in [-0.25, -0.2) is 10.4 Å². The fourth-order valence-electron chi connectivity index (χ4n) is 2.93. The van der Waals surface area contributed by atoms with Crippen molar-refractivity contribution < 1.29 is 28.9 Å². The van der Waals surface area contributed by atoms with Gasteiger partial charge in [0.25, 0.3) is 5.91 Å². The zero-order valence-electron chi connectivity index (χ0n) is 19.6. The molecule has 1 aromatic rings. The standard InChI is InChI=1S/C23H35N3O6/c1-16(2)25-26-21(29)23(12-11-19(28)32-22(3,4)5)15-31-20(24-23)17-7-9-18(10-8-17)30-14-6-13-27/h7-10,16,25,27H,6,11-15H2,1-5H3,(H,26,29)/t23-/m0/s1. The highest BCUT2D eigenvalue weighted by atomic mass is 16.6. The molecule has 32 heavy (non-hydrogen) atoms. The normalized spacial score (nSPS) is 18.2. The number of rotatable bonds is 11. The molecule has 0 fully saturated rings. The Morgan fingerprint density at radius 2 is 1.94 bits per heavy atom. The van der Waals surface area contributed by atoms with Crippen molar-refractivity contribution in [2.24, 2.45) is 4.99 Å². The van der Waals surface area contributed by atoms with Crippen LogP contribution in [-0.4, -0.2) is 59.9 Å². The SMILES string of the molecule is CC(C)NNC(=O)[C@]1(CCC(=O)OC(C)(C)C)COC(c2ccc(OCCCO)cc2)=N1. The number of aliphatic imine (C=N–C) groups is 1. The predicted molar refractivity (Wildman–Crippen MR) is 120 cm³/mol. The first kappa shape index (κ1) is 25.6. The van der Waals surface area contributed by atoms with E-state index < -0.39 is 17.1 Å². The third-order valence-corrected chi connectivity index (χ3v) is 4.50. The molecule has 0 aromatic heterocycles. The van der Waals surface area contributed by atoms with Crippen molar-refractivity contribution in [1.82, 2.24) is 10.9 Å². The Balaban J connectivity index is 2.16. The molecule has 9 nitrogen and oxygen atoms in total. The lowest BCUT2D eigenvalue weighted by Gasteiger charge is -2.25. The summed E-state index contributed by atoms with van der Waals surface area (Å²) >= 11 is 0. The highest BCUT2D eigenvalue weighted by Crippen LogP contribution is 2.28. The van der Waals surface area contributed by atoms with Crippen LogP contribution >= 0.6 is 0 Å². The number of ether oxygens (including phenoxy) is 3. The predicted octanol–water partition coefficient (Wildman–Crippen LogP) is 2.11. The third kappa shape index (κ3) is 7.80. The molecule has 1 heterocycles. The molecule has 0 bridgehead atoms. The number of hydrazine groups is 1. The van der Waals surface area contributed by atoms with E-state index >= 15 is 0 Å².